The van der Waals surface area contributed by atoms with Gasteiger partial charge in [-0.1, -0.05) is 0 Å². The predicted molar refractivity (Wildman–Crippen MR) is 71.5 cm³/mol. The van der Waals surface area contributed by atoms with Gasteiger partial charge in [0.15, 0.2) is 0 Å². The maximum absolute atomic E-state index is 5.89. The quantitative estimate of drug-likeness (QED) is 0.833. The van der Waals surface area contributed by atoms with E-state index in [1.807, 2.05) is 6.07 Å². The number of hydrogen-bond donors (Lipinski definition) is 2. The second kappa shape index (κ2) is 5.12. The van der Waals surface area contributed by atoms with E-state index in [4.69, 9.17) is 10.5 Å². The number of nitrogens with zero attached hydrogens (tertiary/aromatic N) is 2. The molecule has 5 nitrogen and oxygen atoms in total. The highest BCUT2D eigenvalue weighted by Crippen LogP contribution is 2.22. The van der Waals surface area contributed by atoms with Gasteiger partial charge >= 0.3 is 0 Å². The maximum Gasteiger partial charge on any atom is 0.0874 e. The van der Waals surface area contributed by atoms with Crippen LogP contribution in [-0.2, 0) is 4.74 Å². The van der Waals surface area contributed by atoms with E-state index in [0.29, 0.717) is 11.7 Å². The molecule has 2 unspecified atom stereocenters. The molecular formula is C13H20N4O. The lowest BCUT2D eigenvalue weighted by atomic mass is 10.2. The molecule has 3 heterocycles. The number of anilines is 2. The molecule has 0 saturated carbocycles. The zero-order chi connectivity index (χ0) is 12.4. The van der Waals surface area contributed by atoms with Crippen LogP contribution in [0.4, 0.5) is 11.4 Å². The summed E-state index contributed by atoms with van der Waals surface area (Å²) in [6, 6.07) is 2.56. The van der Waals surface area contributed by atoms with Gasteiger partial charge in [0.25, 0.3) is 0 Å². The number of rotatable bonds is 3. The van der Waals surface area contributed by atoms with E-state index in [0.717, 1.165) is 25.4 Å². The van der Waals surface area contributed by atoms with Crippen molar-refractivity contribution in [3.8, 4) is 0 Å². The monoisotopic (exact) mass is 248 g/mol. The number of hydrogen-bond acceptors (Lipinski definition) is 5. The number of morpholine rings is 1. The first-order valence-corrected chi connectivity index (χ1v) is 6.61. The van der Waals surface area contributed by atoms with Gasteiger partial charge in [0, 0.05) is 25.3 Å². The Bertz CT molecular complexity index is 412. The van der Waals surface area contributed by atoms with Gasteiger partial charge in [-0.2, -0.15) is 0 Å². The molecule has 3 rings (SSSR count). The van der Waals surface area contributed by atoms with Crippen molar-refractivity contribution in [3.63, 3.8) is 0 Å². The van der Waals surface area contributed by atoms with Crippen LogP contribution in [0.25, 0.3) is 0 Å². The van der Waals surface area contributed by atoms with Gasteiger partial charge in [-0.05, 0) is 25.5 Å². The molecule has 98 valence electrons. The summed E-state index contributed by atoms with van der Waals surface area (Å²) in [5.41, 5.74) is 7.34. The third kappa shape index (κ3) is 2.57. The van der Waals surface area contributed by atoms with Gasteiger partial charge in [-0.25, -0.2) is 0 Å². The van der Waals surface area contributed by atoms with Crippen LogP contribution in [-0.4, -0.2) is 48.3 Å². The largest absolute Gasteiger partial charge is 0.397 e. The van der Waals surface area contributed by atoms with Gasteiger partial charge < -0.3 is 15.8 Å². The molecule has 2 fully saturated rings. The predicted octanol–water partition coefficient (Wildman–Crippen LogP) is 0.939. The van der Waals surface area contributed by atoms with Crippen LogP contribution >= 0.6 is 0 Å². The fraction of sp³-hybridized carbons (Fsp3) is 0.615. The highest BCUT2D eigenvalue weighted by molar-refractivity contribution is 5.51. The van der Waals surface area contributed by atoms with Crippen molar-refractivity contribution in [2.24, 2.45) is 0 Å². The Morgan fingerprint density at radius 3 is 3.33 bits per heavy atom. The van der Waals surface area contributed by atoms with E-state index < -0.39 is 0 Å². The van der Waals surface area contributed by atoms with E-state index in [9.17, 15) is 0 Å². The van der Waals surface area contributed by atoms with Gasteiger partial charge in [0.1, 0.15) is 0 Å². The molecule has 18 heavy (non-hydrogen) atoms. The summed E-state index contributed by atoms with van der Waals surface area (Å²) in [7, 11) is 0. The normalized spacial score (nSPS) is 28.0. The third-order valence-corrected chi connectivity index (χ3v) is 3.75. The molecule has 5 heteroatoms. The van der Waals surface area contributed by atoms with Crippen LogP contribution in [0.5, 0.6) is 0 Å². The van der Waals surface area contributed by atoms with Gasteiger partial charge in [0.2, 0.25) is 0 Å². The summed E-state index contributed by atoms with van der Waals surface area (Å²) >= 11 is 0. The topological polar surface area (TPSA) is 63.4 Å². The SMILES string of the molecule is Nc1cncc(NCC2CN3CCCC3CO2)c1. The number of pyridine rings is 1. The molecule has 1 aromatic rings. The Labute approximate surface area is 107 Å². The zero-order valence-corrected chi connectivity index (χ0v) is 10.5. The first kappa shape index (κ1) is 11.7. The molecule has 2 aliphatic heterocycles. The molecule has 2 aliphatic rings. The zero-order valence-electron chi connectivity index (χ0n) is 10.5. The summed E-state index contributed by atoms with van der Waals surface area (Å²) in [6.45, 7) is 3.95. The summed E-state index contributed by atoms with van der Waals surface area (Å²) in [5, 5.41) is 3.34. The van der Waals surface area contributed by atoms with Gasteiger partial charge in [-0.3, -0.25) is 9.88 Å². The highest BCUT2D eigenvalue weighted by Gasteiger charge is 2.31. The number of nitrogens with one attached hydrogen (secondary N) is 1. The molecule has 0 aromatic carbocycles. The number of ether oxygens (including phenoxy) is 1. The Balaban J connectivity index is 1.51. The molecule has 0 amide bonds. The fourth-order valence-corrected chi connectivity index (χ4v) is 2.80. The summed E-state index contributed by atoms with van der Waals surface area (Å²) in [6.07, 6.45) is 6.31. The summed E-state index contributed by atoms with van der Waals surface area (Å²) in [5.74, 6) is 0. The van der Waals surface area contributed by atoms with E-state index >= 15 is 0 Å². The third-order valence-electron chi connectivity index (χ3n) is 3.75. The van der Waals surface area contributed by atoms with E-state index in [-0.39, 0.29) is 6.10 Å². The lowest BCUT2D eigenvalue weighted by Crippen LogP contribution is -2.48. The second-order valence-corrected chi connectivity index (χ2v) is 5.13. The van der Waals surface area contributed by atoms with Crippen molar-refractivity contribution in [1.82, 2.24) is 9.88 Å². The highest BCUT2D eigenvalue weighted by atomic mass is 16.5. The van der Waals surface area contributed by atoms with Crippen molar-refractivity contribution < 1.29 is 4.74 Å². The molecule has 0 radical (unpaired) electrons. The minimum Gasteiger partial charge on any atom is -0.397 e. The minimum absolute atomic E-state index is 0.265. The van der Waals surface area contributed by atoms with Crippen molar-refractivity contribution in [2.75, 3.05) is 37.3 Å². The van der Waals surface area contributed by atoms with Crippen LogP contribution in [0, 0.1) is 0 Å². The van der Waals surface area contributed by atoms with Crippen LogP contribution in [0.3, 0.4) is 0 Å². The first-order chi connectivity index (χ1) is 8.81. The maximum atomic E-state index is 5.89. The molecule has 3 N–H and O–H groups in total. The Hall–Kier alpha value is -1.33. The van der Waals surface area contributed by atoms with E-state index in [1.165, 1.54) is 19.4 Å². The molecule has 2 atom stereocenters. The molecule has 0 aliphatic carbocycles. The van der Waals surface area contributed by atoms with Crippen molar-refractivity contribution in [3.05, 3.63) is 18.5 Å². The number of nitrogens with two attached hydrogens (primary N) is 1. The standard InChI is InChI=1S/C13H20N4O/c14-10-4-11(6-15-5-10)16-7-13-8-17-3-1-2-12(17)9-18-13/h4-6,12-13,16H,1-3,7-9,14H2. The summed E-state index contributed by atoms with van der Waals surface area (Å²) in [4.78, 5) is 6.61. The number of aromatic nitrogens is 1. The van der Waals surface area contributed by atoms with Gasteiger partial charge in [-0.15, -0.1) is 0 Å². The average Bonchev–Trinajstić information content (AvgIpc) is 2.84. The van der Waals surface area contributed by atoms with Crippen LogP contribution in [0.1, 0.15) is 12.8 Å². The molecule has 2 saturated heterocycles. The van der Waals surface area contributed by atoms with Crippen LogP contribution in [0.2, 0.25) is 0 Å². The molecular weight excluding hydrogens is 228 g/mol. The van der Waals surface area contributed by atoms with Crippen molar-refractivity contribution >= 4 is 11.4 Å². The Kier molecular flexibility index (Phi) is 3.34. The van der Waals surface area contributed by atoms with E-state index in [1.54, 1.807) is 12.4 Å². The first-order valence-electron chi connectivity index (χ1n) is 6.61. The minimum atomic E-state index is 0.265. The van der Waals surface area contributed by atoms with Crippen molar-refractivity contribution in [1.29, 1.82) is 0 Å². The summed E-state index contributed by atoms with van der Waals surface area (Å²) < 4.78 is 5.89. The van der Waals surface area contributed by atoms with E-state index in [2.05, 4.69) is 15.2 Å². The molecule has 0 bridgehead atoms. The Morgan fingerprint density at radius 1 is 1.50 bits per heavy atom. The molecule has 1 aromatic heterocycles. The Morgan fingerprint density at radius 2 is 2.44 bits per heavy atom. The fourth-order valence-electron chi connectivity index (χ4n) is 2.80. The lowest BCUT2D eigenvalue weighted by Gasteiger charge is -2.35. The van der Waals surface area contributed by atoms with Crippen LogP contribution < -0.4 is 11.1 Å². The van der Waals surface area contributed by atoms with Gasteiger partial charge in [0.05, 0.1) is 30.3 Å². The van der Waals surface area contributed by atoms with Crippen LogP contribution in [0.15, 0.2) is 18.5 Å². The molecule has 0 spiro atoms. The number of fused-ring (bicyclic) bond motifs is 1. The second-order valence-electron chi connectivity index (χ2n) is 5.13. The smallest absolute Gasteiger partial charge is 0.0874 e. The average molecular weight is 248 g/mol. The number of nitrogen functional groups attached to an aromatic ring is 1. The lowest BCUT2D eigenvalue weighted by molar-refractivity contribution is -0.0415. The van der Waals surface area contributed by atoms with Crippen molar-refractivity contribution in [2.45, 2.75) is 25.0 Å².